The van der Waals surface area contributed by atoms with Crippen LogP contribution in [0.5, 0.6) is 0 Å². The number of ether oxygens (including phenoxy) is 3. The van der Waals surface area contributed by atoms with Crippen molar-refractivity contribution in [1.82, 2.24) is 0 Å². The quantitative estimate of drug-likeness (QED) is 0.0389. The first-order valence-electron chi connectivity index (χ1n) is 21.1. The number of hydrogen-bond donors (Lipinski definition) is 0. The largest absolute Gasteiger partial charge is 1.00 e. The second kappa shape index (κ2) is 24.7. The maximum Gasteiger partial charge on any atom is 1.00 e. The van der Waals surface area contributed by atoms with E-state index in [0.717, 1.165) is 6.92 Å². The van der Waals surface area contributed by atoms with E-state index in [1.165, 1.54) is 0 Å². The summed E-state index contributed by atoms with van der Waals surface area (Å²) in [5, 5.41) is 0. The molecule has 4 rings (SSSR count). The van der Waals surface area contributed by atoms with Gasteiger partial charge in [-0.3, -0.25) is 26.9 Å². The molecule has 0 aromatic rings. The van der Waals surface area contributed by atoms with E-state index in [1.54, 1.807) is 13.8 Å². The van der Waals surface area contributed by atoms with Crippen molar-refractivity contribution >= 4 is 49.1 Å². The van der Waals surface area contributed by atoms with Gasteiger partial charge in [-0.25, -0.2) is 25.3 Å². The third kappa shape index (κ3) is 15.3. The third-order valence-corrected chi connectivity index (χ3v) is 15.8. The van der Waals surface area contributed by atoms with Crippen LogP contribution in [0.4, 0.5) is 0 Å². The zero-order valence-corrected chi connectivity index (χ0v) is 47.4. The Morgan fingerprint density at radius 2 is 1.21 bits per heavy atom. The van der Waals surface area contributed by atoms with Gasteiger partial charge in [0.2, 0.25) is 31.2 Å². The fraction of sp³-hybridized carbons (Fsp3) is 0.923. The molecule has 0 unspecified atom stereocenters. The van der Waals surface area contributed by atoms with E-state index in [2.05, 4.69) is 0 Å². The van der Waals surface area contributed by atoms with Crippen molar-refractivity contribution in [1.29, 1.82) is 0 Å². The van der Waals surface area contributed by atoms with Crippen LogP contribution >= 0.6 is 0 Å². The Hall–Kier alpha value is 1.02. The molecule has 4 aliphatic carbocycles. The second-order valence-corrected chi connectivity index (χ2v) is 21.3. The van der Waals surface area contributed by atoms with E-state index < -0.39 is 120 Å². The van der Waals surface area contributed by atoms with Gasteiger partial charge in [-0.2, -0.15) is 0 Å². The van der Waals surface area contributed by atoms with Crippen molar-refractivity contribution in [2.45, 2.75) is 170 Å². The first-order chi connectivity index (χ1) is 27.6. The number of carbonyl (C=O) groups excluding carboxylic acids is 3. The molecule has 4 aliphatic rings. The minimum absolute atomic E-state index is 0. The molecule has 15 atom stereocenters. The van der Waals surface area contributed by atoms with Crippen molar-refractivity contribution in [3.63, 3.8) is 0 Å². The molecule has 0 bridgehead atoms. The molecule has 4 saturated carbocycles. The zero-order valence-electron chi connectivity index (χ0n) is 38.9. The van der Waals surface area contributed by atoms with E-state index in [0.29, 0.717) is 44.9 Å². The van der Waals surface area contributed by atoms with Gasteiger partial charge in [0.25, 0.3) is 0 Å². The van der Waals surface area contributed by atoms with Crippen LogP contribution in [0.2, 0.25) is 0 Å². The van der Waals surface area contributed by atoms with E-state index >= 15 is 0 Å². The second-order valence-electron chi connectivity index (χ2n) is 18.3. The summed E-state index contributed by atoms with van der Waals surface area (Å²) in [6.45, 7) is 16.0. The fourth-order valence-corrected chi connectivity index (χ4v) is 13.8. The molecule has 348 valence electrons. The summed E-state index contributed by atoms with van der Waals surface area (Å²) in [6, 6.07) is 0. The number of hydrogen-bond acceptors (Lipinski definition) is 18. The monoisotopic (exact) mass is 984 g/mol. The SMILES string of the molecule is CCCC(=O)O[C@H]([C@@H](C)[C@H]1[C@@H](OS(=O)(=O)[O-])[C@H](OC(C)=O)[C@H]2[C@@H]3CC[C@H]4C[C@H](OS(=O)(=O)[O-])[C@@H](OS(=O)(=O)[O-])C[C@]4(C)[C@H]3CC[C@@]21C)[C@H](OC(=O)CCC)[C@H](CC)C(C)C.[Na+].[Na+].[Na+]. The molecule has 63 heavy (non-hydrogen) atoms. The van der Waals surface area contributed by atoms with Gasteiger partial charge in [0, 0.05) is 43.4 Å². The topological polar surface area (TPSA) is 278 Å². The summed E-state index contributed by atoms with van der Waals surface area (Å²) in [6.07, 6.45) is -5.59. The molecule has 18 nitrogen and oxygen atoms in total. The molecule has 0 amide bonds. The van der Waals surface area contributed by atoms with Crippen LogP contribution in [-0.2, 0) is 72.3 Å². The fourth-order valence-electron chi connectivity index (χ4n) is 12.3. The van der Waals surface area contributed by atoms with Gasteiger partial charge in [-0.05, 0) is 92.3 Å². The van der Waals surface area contributed by atoms with Crippen molar-refractivity contribution in [3.05, 3.63) is 0 Å². The first-order valence-corrected chi connectivity index (χ1v) is 25.1. The summed E-state index contributed by atoms with van der Waals surface area (Å²) in [4.78, 5) is 39.7. The van der Waals surface area contributed by atoms with Gasteiger partial charge in [0.05, 0.1) is 0 Å². The van der Waals surface area contributed by atoms with Crippen LogP contribution in [0.3, 0.4) is 0 Å². The van der Waals surface area contributed by atoms with Gasteiger partial charge in [-0.1, -0.05) is 55.4 Å². The summed E-state index contributed by atoms with van der Waals surface area (Å²) < 4.78 is 142. The van der Waals surface area contributed by atoms with Crippen molar-refractivity contribution < 1.29 is 169 Å². The summed E-state index contributed by atoms with van der Waals surface area (Å²) in [5.74, 6) is -5.98. The minimum Gasteiger partial charge on any atom is -0.726 e. The van der Waals surface area contributed by atoms with Crippen molar-refractivity contribution in [2.75, 3.05) is 0 Å². The molecule has 0 aromatic carbocycles. The molecule has 24 heteroatoms. The van der Waals surface area contributed by atoms with Gasteiger partial charge < -0.3 is 27.9 Å². The number of rotatable bonds is 19. The van der Waals surface area contributed by atoms with Crippen LogP contribution in [0.1, 0.15) is 133 Å². The Morgan fingerprint density at radius 1 is 0.698 bits per heavy atom. The van der Waals surface area contributed by atoms with Crippen LogP contribution in [-0.4, -0.2) is 93.4 Å². The first kappa shape index (κ1) is 62.0. The van der Waals surface area contributed by atoms with Gasteiger partial charge in [0.1, 0.15) is 36.6 Å². The molecular weight excluding hydrogens is 922 g/mol. The van der Waals surface area contributed by atoms with Crippen LogP contribution in [0, 0.1) is 58.2 Å². The van der Waals surface area contributed by atoms with E-state index in [1.807, 2.05) is 41.5 Å². The van der Waals surface area contributed by atoms with Crippen LogP contribution in [0.25, 0.3) is 0 Å². The standard InChI is InChI=1S/C39H66O18S3.3Na/c1-10-13-30(41)53-34(35(25(12-3)21(4)5)54-31(42)14-11-2)22(6)32-37(57-60(49,50)51)36(52-23(7)40)33-26-16-15-24-19-28(55-58(43,44)45)29(56-59(46,47)48)20-39(24,9)27(26)17-18-38(32,33)8;;;/h21-22,24-29,32-37H,10-20H2,1-9H3,(H,43,44,45)(H,46,47,48)(H,49,50,51);;;/q;3*+1/p-3/t22-,24-,25+,26+,27-,28-,29-,32-,33+,34+,35+,36+,37+,38+,39-;;;/m0.../s1. The molecule has 0 aromatic heterocycles. The molecule has 0 spiro atoms. The summed E-state index contributed by atoms with van der Waals surface area (Å²) in [7, 11) is -16.2. The molecule has 0 heterocycles. The van der Waals surface area contributed by atoms with E-state index in [-0.39, 0.29) is 138 Å². The Balaban J connectivity index is 0.00000661. The maximum absolute atomic E-state index is 13.5. The minimum atomic E-state index is -5.48. The molecular formula is C39H63Na3O18S3. The average Bonchev–Trinajstić information content (AvgIpc) is 3.31. The molecule has 4 fully saturated rings. The predicted octanol–water partition coefficient (Wildman–Crippen LogP) is -4.30. The number of esters is 3. The molecule has 0 saturated heterocycles. The summed E-state index contributed by atoms with van der Waals surface area (Å²) >= 11 is 0. The Labute approximate surface area is 441 Å². The Morgan fingerprint density at radius 3 is 1.67 bits per heavy atom. The molecule has 0 radical (unpaired) electrons. The number of carbonyl (C=O) groups is 3. The summed E-state index contributed by atoms with van der Waals surface area (Å²) in [5.41, 5.74) is -1.88. The Kier molecular flexibility index (Phi) is 24.3. The Bertz CT molecular complexity index is 1890. The average molecular weight is 985 g/mol. The van der Waals surface area contributed by atoms with Crippen LogP contribution in [0.15, 0.2) is 0 Å². The maximum atomic E-state index is 13.5. The third-order valence-electron chi connectivity index (χ3n) is 14.3. The molecule has 0 N–H and O–H groups in total. The van der Waals surface area contributed by atoms with Gasteiger partial charge in [0.15, 0.2) is 0 Å². The van der Waals surface area contributed by atoms with Gasteiger partial charge in [-0.15, -0.1) is 0 Å². The smallest absolute Gasteiger partial charge is 0.726 e. The van der Waals surface area contributed by atoms with E-state index in [9.17, 15) is 53.3 Å². The van der Waals surface area contributed by atoms with Crippen molar-refractivity contribution in [2.24, 2.45) is 58.2 Å². The zero-order chi connectivity index (χ0) is 45.3. The normalized spacial score (nSPS) is 33.6. The number of fused-ring (bicyclic) bond motifs is 5. The van der Waals surface area contributed by atoms with Gasteiger partial charge >= 0.3 is 107 Å². The molecule has 0 aliphatic heterocycles. The predicted molar refractivity (Wildman–Crippen MR) is 208 cm³/mol. The van der Waals surface area contributed by atoms with Crippen molar-refractivity contribution in [3.8, 4) is 0 Å². The van der Waals surface area contributed by atoms with E-state index in [4.69, 9.17) is 26.8 Å². The van der Waals surface area contributed by atoms with Crippen LogP contribution < -0.4 is 88.7 Å².